The predicted octanol–water partition coefficient (Wildman–Crippen LogP) is 2.35. The zero-order valence-electron chi connectivity index (χ0n) is 7.81. The van der Waals surface area contributed by atoms with Crippen molar-refractivity contribution in [3.63, 3.8) is 0 Å². The Balaban J connectivity index is 2.16. The fourth-order valence-electron chi connectivity index (χ4n) is 1.18. The van der Waals surface area contributed by atoms with Crippen LogP contribution < -0.4 is 10.5 Å². The third-order valence-electron chi connectivity index (χ3n) is 1.90. The van der Waals surface area contributed by atoms with E-state index < -0.39 is 0 Å². The Morgan fingerprint density at radius 2 is 1.29 bits per heavy atom. The maximum Gasteiger partial charge on any atom is 0.128 e. The molecule has 0 bridgehead atoms. The summed E-state index contributed by atoms with van der Waals surface area (Å²) in [5, 5.41) is 0. The molecule has 2 heteroatoms. The second kappa shape index (κ2) is 3.94. The van der Waals surface area contributed by atoms with Crippen molar-refractivity contribution in [1.82, 2.24) is 0 Å². The summed E-state index contributed by atoms with van der Waals surface area (Å²) in [7, 11) is 0. The van der Waals surface area contributed by atoms with Crippen molar-refractivity contribution < 1.29 is 10.5 Å². The Morgan fingerprint density at radius 3 is 1.93 bits per heavy atom. The highest BCUT2D eigenvalue weighted by molar-refractivity contribution is 5.37. The lowest BCUT2D eigenvalue weighted by atomic mass is 10.3. The molecule has 0 unspecified atom stereocenters. The third-order valence-corrected chi connectivity index (χ3v) is 1.90. The van der Waals surface area contributed by atoms with Crippen LogP contribution in [-0.2, 0) is 0 Å². The maximum atomic E-state index is 5.61. The summed E-state index contributed by atoms with van der Waals surface area (Å²) in [4.78, 5) is 0. The number of benzene rings is 2. The van der Waals surface area contributed by atoms with E-state index in [2.05, 4.69) is 5.73 Å². The average molecular weight is 186 g/mol. The first kappa shape index (κ1) is 8.78. The number of rotatable bonds is 2. The van der Waals surface area contributed by atoms with Gasteiger partial charge in [0.1, 0.15) is 17.2 Å². The van der Waals surface area contributed by atoms with Gasteiger partial charge in [0.25, 0.3) is 0 Å². The molecule has 0 aliphatic carbocycles. The van der Waals surface area contributed by atoms with Gasteiger partial charge in [0.2, 0.25) is 0 Å². The zero-order valence-corrected chi connectivity index (χ0v) is 7.81. The van der Waals surface area contributed by atoms with Crippen molar-refractivity contribution >= 4 is 5.69 Å². The van der Waals surface area contributed by atoms with E-state index in [9.17, 15) is 0 Å². The van der Waals surface area contributed by atoms with Gasteiger partial charge in [0.05, 0.1) is 0 Å². The molecule has 70 valence electrons. The molecule has 0 atom stereocenters. The molecule has 0 fully saturated rings. The number of para-hydroxylation sites is 1. The van der Waals surface area contributed by atoms with E-state index in [1.165, 1.54) is 0 Å². The van der Waals surface area contributed by atoms with Crippen LogP contribution >= 0.6 is 0 Å². The van der Waals surface area contributed by atoms with Crippen LogP contribution in [0.5, 0.6) is 11.5 Å². The summed E-state index contributed by atoms with van der Waals surface area (Å²) in [6.45, 7) is 0. The van der Waals surface area contributed by atoms with E-state index >= 15 is 0 Å². The van der Waals surface area contributed by atoms with Gasteiger partial charge in [-0.15, -0.1) is 0 Å². The molecule has 0 radical (unpaired) electrons. The molecule has 0 saturated carbocycles. The van der Waals surface area contributed by atoms with Crippen LogP contribution in [-0.4, -0.2) is 0 Å². The summed E-state index contributed by atoms with van der Waals surface area (Å²) in [5.74, 6) is 1.69. The topological polar surface area (TPSA) is 36.9 Å². The summed E-state index contributed by atoms with van der Waals surface area (Å²) < 4.78 is 5.61. The molecule has 0 amide bonds. The fraction of sp³-hybridized carbons (Fsp3) is 0. The molecule has 0 spiro atoms. The van der Waals surface area contributed by atoms with Gasteiger partial charge in [-0.3, -0.25) is 0 Å². The van der Waals surface area contributed by atoms with E-state index in [-0.39, 0.29) is 0 Å². The Morgan fingerprint density at radius 1 is 0.714 bits per heavy atom. The van der Waals surface area contributed by atoms with E-state index in [1.807, 2.05) is 54.6 Å². The Hall–Kier alpha value is -1.80. The minimum atomic E-state index is 0.837. The highest BCUT2D eigenvalue weighted by Gasteiger charge is 1.95. The van der Waals surface area contributed by atoms with Crippen molar-refractivity contribution in [2.45, 2.75) is 0 Å². The third kappa shape index (κ3) is 2.12. The first-order chi connectivity index (χ1) is 6.84. The van der Waals surface area contributed by atoms with Crippen LogP contribution in [0, 0.1) is 0 Å². The quantitative estimate of drug-likeness (QED) is 0.768. The van der Waals surface area contributed by atoms with Gasteiger partial charge < -0.3 is 10.5 Å². The largest absolute Gasteiger partial charge is 0.457 e. The Bertz CT molecular complexity index is 394. The Kier molecular flexibility index (Phi) is 2.47. The molecular weight excluding hydrogens is 174 g/mol. The number of quaternary nitrogens is 1. The van der Waals surface area contributed by atoms with E-state index in [0.717, 1.165) is 17.2 Å². The van der Waals surface area contributed by atoms with Gasteiger partial charge in [-0.05, 0) is 24.3 Å². The van der Waals surface area contributed by atoms with Crippen LogP contribution in [0.15, 0.2) is 54.6 Å². The van der Waals surface area contributed by atoms with Gasteiger partial charge in [-0.2, -0.15) is 0 Å². The smallest absolute Gasteiger partial charge is 0.128 e. The molecule has 2 rings (SSSR count). The highest BCUT2D eigenvalue weighted by Crippen LogP contribution is 2.20. The normalized spacial score (nSPS) is 9.79. The first-order valence-electron chi connectivity index (χ1n) is 4.49. The van der Waals surface area contributed by atoms with Crippen LogP contribution in [0.1, 0.15) is 0 Å². The zero-order chi connectivity index (χ0) is 9.80. The number of hydrogen-bond acceptors (Lipinski definition) is 1. The molecule has 0 aliphatic heterocycles. The van der Waals surface area contributed by atoms with Gasteiger partial charge >= 0.3 is 0 Å². The van der Waals surface area contributed by atoms with Crippen LogP contribution in [0.2, 0.25) is 0 Å². The lowest BCUT2D eigenvalue weighted by molar-refractivity contribution is -0.254. The standard InChI is InChI=1S/C12H11NO/c13-10-6-8-12(9-7-10)14-11-4-2-1-3-5-11/h1-9H,13H2/p+1. The molecule has 2 aromatic rings. The average Bonchev–Trinajstić information content (AvgIpc) is 2.23. The fourth-order valence-corrected chi connectivity index (χ4v) is 1.18. The molecule has 0 heterocycles. The first-order valence-corrected chi connectivity index (χ1v) is 4.49. The van der Waals surface area contributed by atoms with Crippen LogP contribution in [0.25, 0.3) is 0 Å². The van der Waals surface area contributed by atoms with E-state index in [0.29, 0.717) is 0 Å². The number of hydrogen-bond donors (Lipinski definition) is 1. The summed E-state index contributed by atoms with van der Waals surface area (Å²) in [6.07, 6.45) is 0. The molecule has 2 nitrogen and oxygen atoms in total. The highest BCUT2D eigenvalue weighted by atomic mass is 16.5. The Labute approximate surface area is 82.9 Å². The van der Waals surface area contributed by atoms with Crippen LogP contribution in [0.4, 0.5) is 5.69 Å². The van der Waals surface area contributed by atoms with Crippen molar-refractivity contribution in [1.29, 1.82) is 0 Å². The molecule has 3 N–H and O–H groups in total. The minimum Gasteiger partial charge on any atom is -0.457 e. The summed E-state index contributed by atoms with van der Waals surface area (Å²) in [6, 6.07) is 17.4. The van der Waals surface area contributed by atoms with Crippen molar-refractivity contribution in [3.05, 3.63) is 54.6 Å². The molecule has 0 aromatic heterocycles. The molecule has 0 saturated heterocycles. The van der Waals surface area contributed by atoms with E-state index in [1.54, 1.807) is 0 Å². The lowest BCUT2D eigenvalue weighted by Crippen LogP contribution is -2.39. The molecule has 0 aliphatic rings. The van der Waals surface area contributed by atoms with E-state index in [4.69, 9.17) is 4.74 Å². The van der Waals surface area contributed by atoms with Gasteiger partial charge in [-0.25, -0.2) is 0 Å². The van der Waals surface area contributed by atoms with Crippen molar-refractivity contribution in [2.24, 2.45) is 0 Å². The second-order valence-electron chi connectivity index (χ2n) is 3.06. The monoisotopic (exact) mass is 186 g/mol. The lowest BCUT2D eigenvalue weighted by Gasteiger charge is -2.04. The molecule has 2 aromatic carbocycles. The summed E-state index contributed by atoms with van der Waals surface area (Å²) in [5.41, 5.74) is 4.80. The SMILES string of the molecule is [NH3+]c1ccc(Oc2ccccc2)cc1. The summed E-state index contributed by atoms with van der Waals surface area (Å²) >= 11 is 0. The predicted molar refractivity (Wildman–Crippen MR) is 55.5 cm³/mol. The molecular formula is C12H12NO+. The van der Waals surface area contributed by atoms with Crippen molar-refractivity contribution in [2.75, 3.05) is 0 Å². The van der Waals surface area contributed by atoms with Gasteiger partial charge in [-0.1, -0.05) is 18.2 Å². The number of ether oxygens (including phenoxy) is 1. The maximum absolute atomic E-state index is 5.61. The van der Waals surface area contributed by atoms with Crippen molar-refractivity contribution in [3.8, 4) is 11.5 Å². The van der Waals surface area contributed by atoms with Gasteiger partial charge in [0.15, 0.2) is 0 Å². The van der Waals surface area contributed by atoms with Gasteiger partial charge in [0, 0.05) is 12.1 Å². The van der Waals surface area contributed by atoms with Crippen LogP contribution in [0.3, 0.4) is 0 Å². The molecule has 14 heavy (non-hydrogen) atoms. The second-order valence-corrected chi connectivity index (χ2v) is 3.06. The minimum absolute atomic E-state index is 0.837.